The fourth-order valence-corrected chi connectivity index (χ4v) is 2.26. The van der Waals surface area contributed by atoms with Gasteiger partial charge in [0, 0.05) is 5.69 Å². The van der Waals surface area contributed by atoms with E-state index < -0.39 is 0 Å². The zero-order valence-corrected chi connectivity index (χ0v) is 11.3. The number of fused-ring (bicyclic) bond motifs is 1. The van der Waals surface area contributed by atoms with E-state index in [4.69, 9.17) is 10.5 Å². The van der Waals surface area contributed by atoms with Gasteiger partial charge in [-0.1, -0.05) is 42.5 Å². The predicted octanol–water partition coefficient (Wildman–Crippen LogP) is 3.70. The Morgan fingerprint density at radius 2 is 1.80 bits per heavy atom. The molecule has 3 aromatic rings. The van der Waals surface area contributed by atoms with Gasteiger partial charge in [0.1, 0.15) is 6.61 Å². The lowest BCUT2D eigenvalue weighted by Crippen LogP contribution is -2.01. The van der Waals surface area contributed by atoms with Crippen molar-refractivity contribution in [3.05, 3.63) is 65.9 Å². The smallest absolute Gasteiger partial charge is 0.166 e. The summed E-state index contributed by atoms with van der Waals surface area (Å²) in [5.41, 5.74) is 7.89. The maximum atomic E-state index is 5.86. The minimum Gasteiger partial charge on any atom is -0.485 e. The van der Waals surface area contributed by atoms with Gasteiger partial charge in [0.15, 0.2) is 11.6 Å². The third kappa shape index (κ3) is 2.43. The molecule has 3 rings (SSSR count). The van der Waals surface area contributed by atoms with Crippen LogP contribution >= 0.6 is 0 Å². The lowest BCUT2D eigenvalue weighted by Gasteiger charge is -2.10. The molecule has 0 aliphatic rings. The molecule has 0 fully saturated rings. The molecule has 0 spiro atoms. The van der Waals surface area contributed by atoms with Crippen molar-refractivity contribution in [2.24, 2.45) is 0 Å². The lowest BCUT2D eigenvalue weighted by atomic mass is 10.1. The van der Waals surface area contributed by atoms with E-state index in [1.807, 2.05) is 37.3 Å². The van der Waals surface area contributed by atoms with E-state index in [0.717, 1.165) is 11.3 Å². The van der Waals surface area contributed by atoms with Gasteiger partial charge in [0.25, 0.3) is 0 Å². The second kappa shape index (κ2) is 5.21. The van der Waals surface area contributed by atoms with Crippen LogP contribution in [0.1, 0.15) is 11.3 Å². The number of hydrogen-bond donors (Lipinski definition) is 1. The van der Waals surface area contributed by atoms with Gasteiger partial charge in [0.2, 0.25) is 0 Å². The Hall–Kier alpha value is -2.55. The van der Waals surface area contributed by atoms with Crippen LogP contribution < -0.4 is 10.5 Å². The summed E-state index contributed by atoms with van der Waals surface area (Å²) in [7, 11) is 0. The van der Waals surface area contributed by atoms with Crippen LogP contribution in [0.3, 0.4) is 0 Å². The first-order valence-electron chi connectivity index (χ1n) is 6.56. The molecule has 0 radical (unpaired) electrons. The van der Waals surface area contributed by atoms with Crippen LogP contribution in [-0.4, -0.2) is 4.98 Å². The summed E-state index contributed by atoms with van der Waals surface area (Å²) in [6.07, 6.45) is 0. The number of pyridine rings is 1. The third-order valence-electron chi connectivity index (χ3n) is 3.29. The monoisotopic (exact) mass is 264 g/mol. The number of anilines is 1. The van der Waals surface area contributed by atoms with Crippen LogP contribution in [0.25, 0.3) is 10.8 Å². The number of rotatable bonds is 3. The molecule has 3 heteroatoms. The molecular weight excluding hydrogens is 248 g/mol. The highest BCUT2D eigenvalue weighted by Crippen LogP contribution is 2.23. The van der Waals surface area contributed by atoms with Gasteiger partial charge in [-0.15, -0.1) is 0 Å². The average Bonchev–Trinajstić information content (AvgIpc) is 2.46. The van der Waals surface area contributed by atoms with E-state index in [-0.39, 0.29) is 0 Å². The Morgan fingerprint density at radius 1 is 1.00 bits per heavy atom. The van der Waals surface area contributed by atoms with Crippen LogP contribution in [0.2, 0.25) is 0 Å². The first kappa shape index (κ1) is 12.5. The Balaban J connectivity index is 1.87. The first-order chi connectivity index (χ1) is 9.74. The standard InChI is InChI=1S/C17H16N2O/c1-12-9-10-16(17(18)19-12)20-11-14-7-4-6-13-5-2-3-8-15(13)14/h2-10H,11H2,1H3,(H2,18,19). The fraction of sp³-hybridized carbons (Fsp3) is 0.118. The zero-order chi connectivity index (χ0) is 13.9. The summed E-state index contributed by atoms with van der Waals surface area (Å²) in [5.74, 6) is 1.06. The molecule has 0 atom stereocenters. The minimum atomic E-state index is 0.435. The Morgan fingerprint density at radius 3 is 2.65 bits per heavy atom. The van der Waals surface area contributed by atoms with Crippen LogP contribution in [0.5, 0.6) is 5.75 Å². The second-order valence-electron chi connectivity index (χ2n) is 4.76. The molecule has 0 aliphatic heterocycles. The molecule has 1 heterocycles. The van der Waals surface area contributed by atoms with E-state index in [9.17, 15) is 0 Å². The van der Waals surface area contributed by atoms with Crippen molar-refractivity contribution in [2.45, 2.75) is 13.5 Å². The number of nitrogens with two attached hydrogens (primary N) is 1. The van der Waals surface area contributed by atoms with Crippen molar-refractivity contribution in [3.8, 4) is 5.75 Å². The fourth-order valence-electron chi connectivity index (χ4n) is 2.26. The summed E-state index contributed by atoms with van der Waals surface area (Å²) in [4.78, 5) is 4.20. The van der Waals surface area contributed by atoms with Gasteiger partial charge < -0.3 is 10.5 Å². The summed E-state index contributed by atoms with van der Waals surface area (Å²) < 4.78 is 5.80. The molecule has 2 N–H and O–H groups in total. The van der Waals surface area contributed by atoms with Crippen molar-refractivity contribution < 1.29 is 4.74 Å². The number of nitrogens with zero attached hydrogens (tertiary/aromatic N) is 1. The summed E-state index contributed by atoms with van der Waals surface area (Å²) in [6, 6.07) is 18.2. The molecule has 0 unspecified atom stereocenters. The molecular formula is C17H16N2O. The van der Waals surface area contributed by atoms with Crippen molar-refractivity contribution in [1.82, 2.24) is 4.98 Å². The molecule has 0 amide bonds. The highest BCUT2D eigenvalue weighted by molar-refractivity contribution is 5.85. The van der Waals surface area contributed by atoms with Gasteiger partial charge >= 0.3 is 0 Å². The van der Waals surface area contributed by atoms with Crippen molar-refractivity contribution in [2.75, 3.05) is 5.73 Å². The summed E-state index contributed by atoms with van der Waals surface area (Å²) >= 11 is 0. The van der Waals surface area contributed by atoms with E-state index in [0.29, 0.717) is 18.2 Å². The molecule has 1 aromatic heterocycles. The molecule has 0 aliphatic carbocycles. The second-order valence-corrected chi connectivity index (χ2v) is 4.76. The average molecular weight is 264 g/mol. The molecule has 3 nitrogen and oxygen atoms in total. The van der Waals surface area contributed by atoms with Gasteiger partial charge in [-0.25, -0.2) is 4.98 Å². The van der Waals surface area contributed by atoms with Crippen LogP contribution in [-0.2, 0) is 6.61 Å². The molecule has 0 saturated heterocycles. The van der Waals surface area contributed by atoms with Crippen LogP contribution in [0, 0.1) is 6.92 Å². The van der Waals surface area contributed by atoms with E-state index >= 15 is 0 Å². The zero-order valence-electron chi connectivity index (χ0n) is 11.3. The number of hydrogen-bond acceptors (Lipinski definition) is 3. The minimum absolute atomic E-state index is 0.435. The van der Waals surface area contributed by atoms with Gasteiger partial charge in [-0.05, 0) is 35.4 Å². The van der Waals surface area contributed by atoms with Gasteiger partial charge in [0.05, 0.1) is 0 Å². The van der Waals surface area contributed by atoms with Crippen LogP contribution in [0.4, 0.5) is 5.82 Å². The normalized spacial score (nSPS) is 10.7. The predicted molar refractivity (Wildman–Crippen MR) is 81.7 cm³/mol. The SMILES string of the molecule is Cc1ccc(OCc2cccc3ccccc23)c(N)n1. The Labute approximate surface area is 118 Å². The Kier molecular flexibility index (Phi) is 3.25. The molecule has 0 saturated carbocycles. The van der Waals surface area contributed by atoms with E-state index in [2.05, 4.69) is 29.2 Å². The van der Waals surface area contributed by atoms with Crippen molar-refractivity contribution >= 4 is 16.6 Å². The summed E-state index contributed by atoms with van der Waals surface area (Å²) in [6.45, 7) is 2.39. The highest BCUT2D eigenvalue weighted by atomic mass is 16.5. The molecule has 20 heavy (non-hydrogen) atoms. The molecule has 100 valence electrons. The van der Waals surface area contributed by atoms with Crippen LogP contribution in [0.15, 0.2) is 54.6 Å². The van der Waals surface area contributed by atoms with Gasteiger partial charge in [-0.3, -0.25) is 0 Å². The largest absolute Gasteiger partial charge is 0.485 e. The lowest BCUT2D eigenvalue weighted by molar-refractivity contribution is 0.308. The maximum absolute atomic E-state index is 5.86. The number of aryl methyl sites for hydroxylation is 1. The highest BCUT2D eigenvalue weighted by Gasteiger charge is 2.04. The number of ether oxygens (including phenoxy) is 1. The van der Waals surface area contributed by atoms with Gasteiger partial charge in [-0.2, -0.15) is 0 Å². The molecule has 0 bridgehead atoms. The quantitative estimate of drug-likeness (QED) is 0.784. The summed E-state index contributed by atoms with van der Waals surface area (Å²) in [5, 5.41) is 2.41. The third-order valence-corrected chi connectivity index (χ3v) is 3.29. The number of benzene rings is 2. The first-order valence-corrected chi connectivity index (χ1v) is 6.56. The van der Waals surface area contributed by atoms with E-state index in [1.165, 1.54) is 10.8 Å². The maximum Gasteiger partial charge on any atom is 0.166 e. The topological polar surface area (TPSA) is 48.1 Å². The van der Waals surface area contributed by atoms with E-state index in [1.54, 1.807) is 0 Å². The Bertz CT molecular complexity index is 748. The number of nitrogen functional groups attached to an aromatic ring is 1. The van der Waals surface area contributed by atoms with Crippen molar-refractivity contribution in [3.63, 3.8) is 0 Å². The number of aromatic nitrogens is 1. The molecule has 2 aromatic carbocycles. The van der Waals surface area contributed by atoms with Crippen molar-refractivity contribution in [1.29, 1.82) is 0 Å².